The minimum absolute atomic E-state index is 0.307. The summed E-state index contributed by atoms with van der Waals surface area (Å²) < 4.78 is 0. The zero-order valence-electron chi connectivity index (χ0n) is 12.6. The fraction of sp³-hybridized carbons (Fsp3) is 0.625. The van der Waals surface area contributed by atoms with E-state index in [1.165, 1.54) is 16.8 Å². The Hall–Kier alpha value is -1.06. The molecule has 1 rings (SSSR count). The summed E-state index contributed by atoms with van der Waals surface area (Å²) in [5.41, 5.74) is 4.00. The number of aliphatic hydroxyl groups is 1. The second-order valence-electron chi connectivity index (χ2n) is 5.10. The van der Waals surface area contributed by atoms with Gasteiger partial charge in [0.2, 0.25) is 0 Å². The van der Waals surface area contributed by atoms with Crippen LogP contribution in [0.5, 0.6) is 0 Å². The van der Waals surface area contributed by atoms with E-state index < -0.39 is 0 Å². The minimum Gasteiger partial charge on any atom is -0.396 e. The van der Waals surface area contributed by atoms with Crippen LogP contribution in [-0.4, -0.2) is 31.9 Å². The molecular formula is C16H28N2O. The average Bonchev–Trinajstić information content (AvgIpc) is 2.42. The van der Waals surface area contributed by atoms with Crippen molar-refractivity contribution in [2.45, 2.75) is 39.7 Å². The molecule has 0 radical (unpaired) electrons. The van der Waals surface area contributed by atoms with E-state index in [4.69, 9.17) is 5.11 Å². The van der Waals surface area contributed by atoms with Crippen LogP contribution in [0.15, 0.2) is 18.2 Å². The number of hydrogen-bond donors (Lipinski definition) is 2. The number of rotatable bonds is 9. The van der Waals surface area contributed by atoms with Crippen molar-refractivity contribution in [1.29, 1.82) is 0 Å². The summed E-state index contributed by atoms with van der Waals surface area (Å²) in [4.78, 5) is 2.29. The lowest BCUT2D eigenvalue weighted by molar-refractivity contribution is 0.283. The molecule has 0 fully saturated rings. The third-order valence-electron chi connectivity index (χ3n) is 3.48. The lowest BCUT2D eigenvalue weighted by Crippen LogP contribution is -2.19. The van der Waals surface area contributed by atoms with E-state index in [-0.39, 0.29) is 0 Å². The Kier molecular flexibility index (Phi) is 7.53. The van der Waals surface area contributed by atoms with Crippen molar-refractivity contribution < 1.29 is 5.11 Å². The Morgan fingerprint density at radius 3 is 2.63 bits per heavy atom. The number of anilines is 1. The van der Waals surface area contributed by atoms with E-state index in [0.717, 1.165) is 38.9 Å². The summed E-state index contributed by atoms with van der Waals surface area (Å²) in [6.07, 6.45) is 3.14. The third-order valence-corrected chi connectivity index (χ3v) is 3.48. The van der Waals surface area contributed by atoms with Crippen LogP contribution in [0.25, 0.3) is 0 Å². The number of benzene rings is 1. The highest BCUT2D eigenvalue weighted by molar-refractivity contribution is 5.50. The number of nitrogens with zero attached hydrogens (tertiary/aromatic N) is 1. The van der Waals surface area contributed by atoms with Crippen LogP contribution in [0.1, 0.15) is 37.3 Å². The van der Waals surface area contributed by atoms with E-state index in [9.17, 15) is 0 Å². The van der Waals surface area contributed by atoms with Crippen LogP contribution >= 0.6 is 0 Å². The van der Waals surface area contributed by atoms with Crippen LogP contribution in [0.2, 0.25) is 0 Å². The lowest BCUT2D eigenvalue weighted by atomic mass is 10.1. The van der Waals surface area contributed by atoms with Gasteiger partial charge in [-0.05, 0) is 56.0 Å². The quantitative estimate of drug-likeness (QED) is 0.673. The number of hydrogen-bond acceptors (Lipinski definition) is 3. The van der Waals surface area contributed by atoms with Crippen molar-refractivity contribution in [3.05, 3.63) is 29.3 Å². The van der Waals surface area contributed by atoms with Gasteiger partial charge in [0.05, 0.1) is 0 Å². The molecule has 108 valence electrons. The molecule has 19 heavy (non-hydrogen) atoms. The van der Waals surface area contributed by atoms with Crippen molar-refractivity contribution in [3.8, 4) is 0 Å². The molecular weight excluding hydrogens is 236 g/mol. The molecule has 0 saturated heterocycles. The van der Waals surface area contributed by atoms with Gasteiger partial charge in [0.15, 0.2) is 0 Å². The topological polar surface area (TPSA) is 35.5 Å². The fourth-order valence-electron chi connectivity index (χ4n) is 2.14. The molecule has 0 spiro atoms. The fourth-order valence-corrected chi connectivity index (χ4v) is 2.14. The summed E-state index contributed by atoms with van der Waals surface area (Å²) in [7, 11) is 2.14. The molecule has 0 amide bonds. The molecule has 0 aliphatic rings. The second kappa shape index (κ2) is 8.94. The van der Waals surface area contributed by atoms with Crippen LogP contribution in [-0.2, 0) is 6.54 Å². The molecule has 0 unspecified atom stereocenters. The molecule has 1 aromatic rings. The molecule has 0 aromatic heterocycles. The maximum absolute atomic E-state index is 8.77. The SMILES string of the molecule is CCNCc1ccc(N(C)CCCCCO)cc1C. The molecule has 0 atom stereocenters. The minimum atomic E-state index is 0.307. The molecule has 0 aliphatic carbocycles. The second-order valence-corrected chi connectivity index (χ2v) is 5.10. The standard InChI is InChI=1S/C16H28N2O/c1-4-17-13-15-8-9-16(12-14(15)2)18(3)10-6-5-7-11-19/h8-9,12,17,19H,4-7,10-11,13H2,1-3H3. The van der Waals surface area contributed by atoms with Crippen LogP contribution in [0.4, 0.5) is 5.69 Å². The maximum atomic E-state index is 8.77. The van der Waals surface area contributed by atoms with E-state index in [0.29, 0.717) is 6.61 Å². The van der Waals surface area contributed by atoms with Crippen LogP contribution in [0.3, 0.4) is 0 Å². The third kappa shape index (κ3) is 5.62. The monoisotopic (exact) mass is 264 g/mol. The first-order chi connectivity index (χ1) is 9.19. The zero-order valence-corrected chi connectivity index (χ0v) is 12.6. The highest BCUT2D eigenvalue weighted by atomic mass is 16.2. The van der Waals surface area contributed by atoms with E-state index in [1.807, 2.05) is 0 Å². The number of unbranched alkanes of at least 4 members (excludes halogenated alkanes) is 2. The van der Waals surface area contributed by atoms with E-state index in [2.05, 4.69) is 49.3 Å². The van der Waals surface area contributed by atoms with E-state index in [1.54, 1.807) is 0 Å². The van der Waals surface area contributed by atoms with Gasteiger partial charge in [-0.2, -0.15) is 0 Å². The summed E-state index contributed by atoms with van der Waals surface area (Å²) in [6.45, 7) is 7.61. The molecule has 3 heteroatoms. The smallest absolute Gasteiger partial charge is 0.0431 e. The van der Waals surface area contributed by atoms with E-state index >= 15 is 0 Å². The van der Waals surface area contributed by atoms with Gasteiger partial charge in [-0.3, -0.25) is 0 Å². The number of aliphatic hydroxyl groups excluding tert-OH is 1. The van der Waals surface area contributed by atoms with Crippen molar-refractivity contribution in [1.82, 2.24) is 5.32 Å². The average molecular weight is 264 g/mol. The van der Waals surface area contributed by atoms with Crippen molar-refractivity contribution in [3.63, 3.8) is 0 Å². The van der Waals surface area contributed by atoms with Gasteiger partial charge in [-0.25, -0.2) is 0 Å². The van der Waals surface area contributed by atoms with Gasteiger partial charge in [-0.1, -0.05) is 13.0 Å². The molecule has 0 aliphatic heterocycles. The summed E-state index contributed by atoms with van der Waals surface area (Å²) in [5.74, 6) is 0. The van der Waals surface area contributed by atoms with Gasteiger partial charge in [0.25, 0.3) is 0 Å². The maximum Gasteiger partial charge on any atom is 0.0431 e. The summed E-state index contributed by atoms with van der Waals surface area (Å²) >= 11 is 0. The summed E-state index contributed by atoms with van der Waals surface area (Å²) in [6, 6.07) is 6.68. The molecule has 3 nitrogen and oxygen atoms in total. The van der Waals surface area contributed by atoms with Crippen LogP contribution < -0.4 is 10.2 Å². The zero-order chi connectivity index (χ0) is 14.1. The largest absolute Gasteiger partial charge is 0.396 e. The first-order valence-electron chi connectivity index (χ1n) is 7.31. The molecule has 0 saturated carbocycles. The Bertz CT molecular complexity index is 366. The molecule has 0 heterocycles. The van der Waals surface area contributed by atoms with Gasteiger partial charge >= 0.3 is 0 Å². The van der Waals surface area contributed by atoms with Gasteiger partial charge < -0.3 is 15.3 Å². The Labute approximate surface area is 117 Å². The lowest BCUT2D eigenvalue weighted by Gasteiger charge is -2.20. The highest BCUT2D eigenvalue weighted by Gasteiger charge is 2.04. The number of nitrogens with one attached hydrogen (secondary N) is 1. The van der Waals surface area contributed by atoms with Gasteiger partial charge in [0, 0.05) is 32.4 Å². The summed E-state index contributed by atoms with van der Waals surface area (Å²) in [5, 5.41) is 12.1. The predicted molar refractivity (Wildman–Crippen MR) is 82.8 cm³/mol. The van der Waals surface area contributed by atoms with Crippen molar-refractivity contribution in [2.75, 3.05) is 31.6 Å². The van der Waals surface area contributed by atoms with Gasteiger partial charge in [-0.15, -0.1) is 0 Å². The number of aryl methyl sites for hydroxylation is 1. The molecule has 0 bridgehead atoms. The van der Waals surface area contributed by atoms with Crippen LogP contribution in [0, 0.1) is 6.92 Å². The first-order valence-corrected chi connectivity index (χ1v) is 7.31. The Morgan fingerprint density at radius 1 is 1.21 bits per heavy atom. The molecule has 2 N–H and O–H groups in total. The van der Waals surface area contributed by atoms with Crippen molar-refractivity contribution >= 4 is 5.69 Å². The normalized spacial score (nSPS) is 10.7. The predicted octanol–water partition coefficient (Wildman–Crippen LogP) is 2.70. The molecule has 1 aromatic carbocycles. The first kappa shape index (κ1) is 16.0. The Morgan fingerprint density at radius 2 is 2.00 bits per heavy atom. The Balaban J connectivity index is 2.51. The van der Waals surface area contributed by atoms with Crippen molar-refractivity contribution in [2.24, 2.45) is 0 Å². The highest BCUT2D eigenvalue weighted by Crippen LogP contribution is 2.18. The van der Waals surface area contributed by atoms with Gasteiger partial charge in [0.1, 0.15) is 0 Å².